The molecule has 0 heterocycles. The zero-order valence-electron chi connectivity index (χ0n) is 33.2. The van der Waals surface area contributed by atoms with Gasteiger partial charge >= 0.3 is 0 Å². The van der Waals surface area contributed by atoms with Crippen LogP contribution >= 0.6 is 0 Å². The van der Waals surface area contributed by atoms with Gasteiger partial charge in [0.05, 0.1) is 10.8 Å². The standard InChI is InChI=1S/C57H44/c1-34(2)35-26-28-37-43(30-35)44-31-36(55(3,4)5)27-29-38(44)46-33-54-53(32-45(37)46)56(47-20-10-6-16-39(47)40-17-7-11-21-48(40)56)51-24-14-15-25-52(51)57(54)49-22-12-8-18-41(49)42-19-9-13-23-50(42)57/h6-34H,1-5H3. The van der Waals surface area contributed by atoms with Gasteiger partial charge in [0, 0.05) is 0 Å². The Bertz CT molecular complexity index is 3110. The second-order valence-electron chi connectivity index (χ2n) is 18.1. The van der Waals surface area contributed by atoms with Crippen molar-refractivity contribution in [1.82, 2.24) is 0 Å². The van der Waals surface area contributed by atoms with Gasteiger partial charge in [-0.15, -0.1) is 0 Å². The smallest absolute Gasteiger partial charge is 0.0619 e. The Labute approximate surface area is 335 Å². The molecule has 0 saturated carbocycles. The Morgan fingerprint density at radius 1 is 0.333 bits per heavy atom. The van der Waals surface area contributed by atoms with E-state index in [9.17, 15) is 0 Å². The van der Waals surface area contributed by atoms with E-state index < -0.39 is 10.8 Å². The maximum atomic E-state index is 2.65. The number of hydrogen-bond acceptors (Lipinski definition) is 0. The molecule has 12 rings (SSSR count). The Morgan fingerprint density at radius 2 is 0.684 bits per heavy atom. The molecule has 57 heavy (non-hydrogen) atoms. The summed E-state index contributed by atoms with van der Waals surface area (Å²) >= 11 is 0. The van der Waals surface area contributed by atoms with Crippen LogP contribution in [0.25, 0.3) is 54.6 Å². The summed E-state index contributed by atoms with van der Waals surface area (Å²) in [5.74, 6) is 0.433. The molecular formula is C57H44. The molecule has 0 heteroatoms. The van der Waals surface area contributed by atoms with E-state index in [1.54, 1.807) is 0 Å². The van der Waals surface area contributed by atoms with Crippen LogP contribution in [0, 0.1) is 0 Å². The quantitative estimate of drug-likeness (QED) is 0.148. The second-order valence-corrected chi connectivity index (χ2v) is 18.1. The van der Waals surface area contributed by atoms with Crippen LogP contribution in [0.2, 0.25) is 0 Å². The average Bonchev–Trinajstić information content (AvgIpc) is 3.70. The first-order valence-corrected chi connectivity index (χ1v) is 20.7. The lowest BCUT2D eigenvalue weighted by Crippen LogP contribution is -2.43. The van der Waals surface area contributed by atoms with Crippen molar-refractivity contribution in [1.29, 1.82) is 0 Å². The normalized spacial score (nSPS) is 15.2. The van der Waals surface area contributed by atoms with Gasteiger partial charge in [-0.2, -0.15) is 0 Å². The molecule has 272 valence electrons. The van der Waals surface area contributed by atoms with Gasteiger partial charge in [-0.05, 0) is 140 Å². The van der Waals surface area contributed by atoms with Crippen molar-refractivity contribution in [3.8, 4) is 22.3 Å². The number of rotatable bonds is 1. The molecule has 9 aromatic carbocycles. The van der Waals surface area contributed by atoms with E-state index in [0.717, 1.165) is 0 Å². The van der Waals surface area contributed by atoms with Crippen LogP contribution in [0.15, 0.2) is 170 Å². The Balaban J connectivity index is 1.35. The summed E-state index contributed by atoms with van der Waals surface area (Å²) in [5.41, 5.74) is 18.1. The van der Waals surface area contributed by atoms with Gasteiger partial charge in [-0.1, -0.05) is 186 Å². The fourth-order valence-electron chi connectivity index (χ4n) is 11.6. The van der Waals surface area contributed by atoms with Crippen LogP contribution in [-0.4, -0.2) is 0 Å². The third-order valence-electron chi connectivity index (χ3n) is 14.1. The topological polar surface area (TPSA) is 0 Å². The lowest BCUT2D eigenvalue weighted by Gasteiger charge is -2.49. The predicted molar refractivity (Wildman–Crippen MR) is 240 cm³/mol. The summed E-state index contributed by atoms with van der Waals surface area (Å²) in [7, 11) is 0. The van der Waals surface area contributed by atoms with E-state index >= 15 is 0 Å². The lowest BCUT2D eigenvalue weighted by molar-refractivity contribution is 0.591. The third-order valence-corrected chi connectivity index (χ3v) is 14.1. The molecule has 2 spiro atoms. The molecule has 0 radical (unpaired) electrons. The maximum Gasteiger partial charge on any atom is 0.0720 e. The molecule has 0 nitrogen and oxygen atoms in total. The minimum absolute atomic E-state index is 0.0294. The van der Waals surface area contributed by atoms with Gasteiger partial charge in [0.15, 0.2) is 0 Å². The molecule has 9 aromatic rings. The third kappa shape index (κ3) is 3.99. The van der Waals surface area contributed by atoms with E-state index in [0.29, 0.717) is 5.92 Å². The summed E-state index contributed by atoms with van der Waals surface area (Å²) in [6, 6.07) is 66.3. The lowest BCUT2D eigenvalue weighted by atomic mass is 9.52. The fraction of sp³-hybridized carbons (Fsp3) is 0.158. The van der Waals surface area contributed by atoms with Gasteiger partial charge in [-0.3, -0.25) is 0 Å². The minimum Gasteiger partial charge on any atom is -0.0619 e. The largest absolute Gasteiger partial charge is 0.0720 e. The molecular weight excluding hydrogens is 685 g/mol. The zero-order chi connectivity index (χ0) is 38.4. The van der Waals surface area contributed by atoms with Gasteiger partial charge in [0.25, 0.3) is 0 Å². The van der Waals surface area contributed by atoms with Crippen molar-refractivity contribution in [3.63, 3.8) is 0 Å². The van der Waals surface area contributed by atoms with Crippen LogP contribution in [-0.2, 0) is 16.2 Å². The van der Waals surface area contributed by atoms with E-state index in [-0.39, 0.29) is 5.41 Å². The molecule has 0 atom stereocenters. The summed E-state index contributed by atoms with van der Waals surface area (Å²) < 4.78 is 0. The van der Waals surface area contributed by atoms with Crippen molar-refractivity contribution in [3.05, 3.63) is 225 Å². The first-order valence-electron chi connectivity index (χ1n) is 20.7. The molecule has 0 amide bonds. The molecule has 0 bridgehead atoms. The number of benzene rings is 9. The van der Waals surface area contributed by atoms with Crippen LogP contribution in [0.1, 0.15) is 96.2 Å². The summed E-state index contributed by atoms with van der Waals surface area (Å²) in [6.07, 6.45) is 0. The van der Waals surface area contributed by atoms with Gasteiger partial charge in [0.1, 0.15) is 0 Å². The molecule has 0 unspecified atom stereocenters. The molecule has 3 aliphatic carbocycles. The van der Waals surface area contributed by atoms with E-state index in [1.165, 1.54) is 110 Å². The Kier molecular flexibility index (Phi) is 6.48. The second kappa shape index (κ2) is 11.2. The van der Waals surface area contributed by atoms with Crippen LogP contribution in [0.5, 0.6) is 0 Å². The zero-order valence-corrected chi connectivity index (χ0v) is 33.2. The number of hydrogen-bond donors (Lipinski definition) is 0. The van der Waals surface area contributed by atoms with E-state index in [1.807, 2.05) is 0 Å². The Morgan fingerprint density at radius 3 is 1.09 bits per heavy atom. The molecule has 0 aromatic heterocycles. The summed E-state index contributed by atoms with van der Waals surface area (Å²) in [4.78, 5) is 0. The van der Waals surface area contributed by atoms with Gasteiger partial charge < -0.3 is 0 Å². The highest BCUT2D eigenvalue weighted by Gasteiger charge is 2.59. The van der Waals surface area contributed by atoms with Crippen LogP contribution < -0.4 is 0 Å². The fourth-order valence-corrected chi connectivity index (χ4v) is 11.6. The first kappa shape index (κ1) is 33.0. The molecule has 0 aliphatic heterocycles. The molecule has 0 N–H and O–H groups in total. The minimum atomic E-state index is -0.515. The molecule has 3 aliphatic rings. The highest BCUT2D eigenvalue weighted by Crippen LogP contribution is 2.68. The molecule has 0 saturated heterocycles. The van der Waals surface area contributed by atoms with Crippen molar-refractivity contribution in [2.45, 2.75) is 56.8 Å². The monoisotopic (exact) mass is 728 g/mol. The van der Waals surface area contributed by atoms with E-state index in [4.69, 9.17) is 0 Å². The van der Waals surface area contributed by atoms with Crippen LogP contribution in [0.3, 0.4) is 0 Å². The highest BCUT2D eigenvalue weighted by atomic mass is 14.6. The van der Waals surface area contributed by atoms with E-state index in [2.05, 4.69) is 204 Å². The summed E-state index contributed by atoms with van der Waals surface area (Å²) in [6.45, 7) is 11.6. The SMILES string of the molecule is CC(C)c1ccc2c(c1)c1cc(C(C)(C)C)ccc1c1cc3c(cc21)C1(c2ccccc2-c2ccccc21)c1ccccc1C31c2ccccc2-c2ccccc21. The van der Waals surface area contributed by atoms with Crippen LogP contribution in [0.4, 0.5) is 0 Å². The van der Waals surface area contributed by atoms with Crippen molar-refractivity contribution in [2.24, 2.45) is 0 Å². The first-order chi connectivity index (χ1) is 27.7. The van der Waals surface area contributed by atoms with Crippen molar-refractivity contribution < 1.29 is 0 Å². The predicted octanol–water partition coefficient (Wildman–Crippen LogP) is 14.6. The Hall–Kier alpha value is -6.24. The summed E-state index contributed by atoms with van der Waals surface area (Å²) in [5, 5.41) is 7.99. The number of fused-ring (bicyclic) bond motifs is 22. The van der Waals surface area contributed by atoms with Gasteiger partial charge in [-0.25, -0.2) is 0 Å². The van der Waals surface area contributed by atoms with Crippen molar-refractivity contribution >= 4 is 32.3 Å². The maximum absolute atomic E-state index is 2.65. The van der Waals surface area contributed by atoms with Gasteiger partial charge in [0.2, 0.25) is 0 Å². The highest BCUT2D eigenvalue weighted by molar-refractivity contribution is 6.26. The van der Waals surface area contributed by atoms with Crippen molar-refractivity contribution in [2.75, 3.05) is 0 Å². The average molecular weight is 729 g/mol. The molecule has 0 fully saturated rings.